The molecule has 0 bridgehead atoms. The van der Waals surface area contributed by atoms with Crippen LogP contribution in [0.3, 0.4) is 0 Å². The average Bonchev–Trinajstić information content (AvgIpc) is 3.64. The van der Waals surface area contributed by atoms with Gasteiger partial charge in [0.25, 0.3) is 5.91 Å². The van der Waals surface area contributed by atoms with Gasteiger partial charge in [0.15, 0.2) is 0 Å². The molecule has 2 aliphatic carbocycles. The zero-order chi connectivity index (χ0) is 28.1. The van der Waals surface area contributed by atoms with E-state index in [1.807, 2.05) is 0 Å². The number of imide groups is 1. The summed E-state index contributed by atoms with van der Waals surface area (Å²) >= 11 is 0. The molecule has 1 saturated carbocycles. The normalized spacial score (nSPS) is 21.1. The van der Waals surface area contributed by atoms with Crippen LogP contribution in [0.25, 0.3) is 0 Å². The Morgan fingerprint density at radius 3 is 2.49 bits per heavy atom. The number of hydrogen-bond donors (Lipinski definition) is 1. The van der Waals surface area contributed by atoms with Crippen molar-refractivity contribution in [3.05, 3.63) is 65.0 Å². The Bertz CT molecular complexity index is 1340. The first-order valence-electron chi connectivity index (χ1n) is 12.5. The topological polar surface area (TPSA) is 96.0 Å². The Balaban J connectivity index is 1.35. The summed E-state index contributed by atoms with van der Waals surface area (Å²) in [6.07, 6.45) is -3.80. The molecule has 1 N–H and O–H groups in total. The van der Waals surface area contributed by atoms with E-state index in [-0.39, 0.29) is 23.8 Å². The summed E-state index contributed by atoms with van der Waals surface area (Å²) in [6.45, 7) is -0.675. The lowest BCUT2D eigenvalue weighted by atomic mass is 9.94. The first-order valence-corrected chi connectivity index (χ1v) is 12.5. The molecule has 39 heavy (non-hydrogen) atoms. The summed E-state index contributed by atoms with van der Waals surface area (Å²) in [6, 6.07) is 7.25. The SMILES string of the molecule is C[C@H](N(Cc1ccc(F)cc1)C(=O)CN1C(=O)O[C@@]2(CCc3cc(NC(=O)C4CC4)ccc32)C1=O)C(F)(F)F. The van der Waals surface area contributed by atoms with Gasteiger partial charge < -0.3 is 15.0 Å². The average molecular weight is 548 g/mol. The second kappa shape index (κ2) is 9.65. The van der Waals surface area contributed by atoms with Crippen molar-refractivity contribution in [3.63, 3.8) is 0 Å². The third-order valence-electron chi connectivity index (χ3n) is 7.40. The van der Waals surface area contributed by atoms with Crippen molar-refractivity contribution in [2.45, 2.75) is 57.0 Å². The number of ether oxygens (including phenoxy) is 1. The molecule has 5 rings (SSSR count). The molecule has 0 aromatic heterocycles. The Hall–Kier alpha value is -3.96. The third kappa shape index (κ3) is 5.07. The molecule has 0 radical (unpaired) electrons. The van der Waals surface area contributed by atoms with E-state index in [0.29, 0.717) is 33.0 Å². The van der Waals surface area contributed by atoms with Gasteiger partial charge in [0.1, 0.15) is 18.4 Å². The van der Waals surface area contributed by atoms with Crippen LogP contribution in [0, 0.1) is 11.7 Å². The highest BCUT2D eigenvalue weighted by atomic mass is 19.4. The first kappa shape index (κ1) is 26.6. The van der Waals surface area contributed by atoms with Crippen molar-refractivity contribution < 1.29 is 41.5 Å². The Kier molecular flexibility index (Phi) is 6.59. The second-order valence-electron chi connectivity index (χ2n) is 10.1. The minimum Gasteiger partial charge on any atom is -0.427 e. The molecule has 206 valence electrons. The van der Waals surface area contributed by atoms with E-state index >= 15 is 0 Å². The van der Waals surface area contributed by atoms with Crippen LogP contribution in [-0.4, -0.2) is 52.4 Å². The van der Waals surface area contributed by atoms with Crippen molar-refractivity contribution in [3.8, 4) is 0 Å². The van der Waals surface area contributed by atoms with Crippen molar-refractivity contribution in [1.29, 1.82) is 0 Å². The molecule has 0 unspecified atom stereocenters. The molecule has 8 nitrogen and oxygen atoms in total. The molecule has 1 spiro atoms. The molecular formula is C27H25F4N3O5. The third-order valence-corrected chi connectivity index (χ3v) is 7.40. The molecular weight excluding hydrogens is 522 g/mol. The Morgan fingerprint density at radius 2 is 1.85 bits per heavy atom. The van der Waals surface area contributed by atoms with Crippen LogP contribution in [0.5, 0.6) is 0 Å². The van der Waals surface area contributed by atoms with Crippen LogP contribution in [0.1, 0.15) is 42.9 Å². The van der Waals surface area contributed by atoms with Gasteiger partial charge in [0.05, 0.1) is 0 Å². The lowest BCUT2D eigenvalue weighted by Crippen LogP contribution is -2.51. The van der Waals surface area contributed by atoms with E-state index < -0.39 is 54.6 Å². The summed E-state index contributed by atoms with van der Waals surface area (Å²) in [5, 5.41) is 2.82. The highest BCUT2D eigenvalue weighted by Crippen LogP contribution is 2.46. The Labute approximate surface area is 220 Å². The van der Waals surface area contributed by atoms with Crippen molar-refractivity contribution in [2.24, 2.45) is 5.92 Å². The molecule has 12 heteroatoms. The van der Waals surface area contributed by atoms with Crippen molar-refractivity contribution >= 4 is 29.5 Å². The summed E-state index contributed by atoms with van der Waals surface area (Å²) in [7, 11) is 0. The number of fused-ring (bicyclic) bond motifs is 2. The number of alkyl halides is 3. The molecule has 1 aliphatic heterocycles. The van der Waals surface area contributed by atoms with Crippen LogP contribution in [0.4, 0.5) is 28.0 Å². The summed E-state index contributed by atoms with van der Waals surface area (Å²) in [4.78, 5) is 52.5. The van der Waals surface area contributed by atoms with Gasteiger partial charge in [-0.2, -0.15) is 13.2 Å². The van der Waals surface area contributed by atoms with Gasteiger partial charge in [-0.05, 0) is 61.6 Å². The second-order valence-corrected chi connectivity index (χ2v) is 10.1. The van der Waals surface area contributed by atoms with Crippen molar-refractivity contribution in [1.82, 2.24) is 9.80 Å². The van der Waals surface area contributed by atoms with E-state index in [2.05, 4.69) is 5.32 Å². The minimum absolute atomic E-state index is 0.00394. The van der Waals surface area contributed by atoms with Gasteiger partial charge >= 0.3 is 12.3 Å². The number of anilines is 1. The minimum atomic E-state index is -4.79. The number of nitrogens with zero attached hydrogens (tertiary/aromatic N) is 2. The summed E-state index contributed by atoms with van der Waals surface area (Å²) < 4.78 is 59.6. The molecule has 2 fully saturated rings. The van der Waals surface area contributed by atoms with Gasteiger partial charge in [-0.3, -0.25) is 14.4 Å². The monoisotopic (exact) mass is 547 g/mol. The van der Waals surface area contributed by atoms with Crippen LogP contribution in [0.2, 0.25) is 0 Å². The predicted octanol–water partition coefficient (Wildman–Crippen LogP) is 4.27. The highest BCUT2D eigenvalue weighted by molar-refractivity contribution is 6.06. The number of carbonyl (C=O) groups excluding carboxylic acids is 4. The number of hydrogen-bond acceptors (Lipinski definition) is 5. The number of aryl methyl sites for hydroxylation is 1. The molecule has 2 aromatic carbocycles. The van der Waals surface area contributed by atoms with Crippen LogP contribution < -0.4 is 5.32 Å². The molecule has 1 heterocycles. The number of nitrogens with one attached hydrogen (secondary N) is 1. The molecule has 2 aromatic rings. The standard InChI is InChI=1S/C27H25F4N3O5/c1-15(27(29,30)31)33(13-16-2-6-19(28)7-3-16)22(35)14-34-24(37)26(39-25(34)38)11-10-18-12-20(8-9-21(18)26)32-23(36)17-4-5-17/h2-3,6-9,12,15,17H,4-5,10-11,13-14H2,1H3,(H,32,36)/t15-,26+/m0/s1. The number of amides is 4. The van der Waals surface area contributed by atoms with E-state index in [0.717, 1.165) is 31.9 Å². The van der Waals surface area contributed by atoms with Gasteiger partial charge in [0.2, 0.25) is 17.4 Å². The van der Waals surface area contributed by atoms with E-state index in [1.54, 1.807) is 18.2 Å². The first-order chi connectivity index (χ1) is 18.4. The lowest BCUT2D eigenvalue weighted by molar-refractivity contribution is -0.187. The fourth-order valence-electron chi connectivity index (χ4n) is 4.95. The fraction of sp³-hybridized carbons (Fsp3) is 0.407. The largest absolute Gasteiger partial charge is 0.427 e. The molecule has 3 aliphatic rings. The lowest BCUT2D eigenvalue weighted by Gasteiger charge is -2.31. The number of rotatable bonds is 7. The van der Waals surface area contributed by atoms with E-state index in [1.165, 1.54) is 12.1 Å². The van der Waals surface area contributed by atoms with Crippen LogP contribution >= 0.6 is 0 Å². The zero-order valence-electron chi connectivity index (χ0n) is 20.9. The Morgan fingerprint density at radius 1 is 1.15 bits per heavy atom. The highest BCUT2D eigenvalue weighted by Gasteiger charge is 2.58. The molecule has 4 amide bonds. The predicted molar refractivity (Wildman–Crippen MR) is 128 cm³/mol. The van der Waals surface area contributed by atoms with E-state index in [9.17, 15) is 36.7 Å². The van der Waals surface area contributed by atoms with Gasteiger partial charge in [0, 0.05) is 30.1 Å². The maximum absolute atomic E-state index is 13.6. The number of benzene rings is 2. The quantitative estimate of drug-likeness (QED) is 0.523. The van der Waals surface area contributed by atoms with Gasteiger partial charge in [-0.15, -0.1) is 0 Å². The van der Waals surface area contributed by atoms with Crippen molar-refractivity contribution in [2.75, 3.05) is 11.9 Å². The maximum Gasteiger partial charge on any atom is 0.418 e. The van der Waals surface area contributed by atoms with Crippen LogP contribution in [-0.2, 0) is 37.7 Å². The van der Waals surface area contributed by atoms with E-state index in [4.69, 9.17) is 4.74 Å². The smallest absolute Gasteiger partial charge is 0.418 e. The summed E-state index contributed by atoms with van der Waals surface area (Å²) in [5.74, 6) is -2.64. The molecule has 2 atom stereocenters. The van der Waals surface area contributed by atoms with Gasteiger partial charge in [-0.25, -0.2) is 14.1 Å². The fourth-order valence-corrected chi connectivity index (χ4v) is 4.95. The van der Waals surface area contributed by atoms with Crippen LogP contribution in [0.15, 0.2) is 42.5 Å². The van der Waals surface area contributed by atoms with Gasteiger partial charge in [-0.1, -0.05) is 18.2 Å². The number of carbonyl (C=O) groups is 4. The maximum atomic E-state index is 13.6. The molecule has 1 saturated heterocycles. The summed E-state index contributed by atoms with van der Waals surface area (Å²) in [5.41, 5.74) is 0.183. The number of halogens is 4. The zero-order valence-corrected chi connectivity index (χ0v) is 20.9.